The maximum atomic E-state index is 4.94. The maximum absolute atomic E-state index is 4.94. The predicted molar refractivity (Wildman–Crippen MR) is 146 cm³/mol. The number of rotatable bonds is 7. The Labute approximate surface area is 205 Å². The highest BCUT2D eigenvalue weighted by atomic mass is 32.1. The smallest absolute Gasteiger partial charge is 0.119 e. The van der Waals surface area contributed by atoms with Crippen molar-refractivity contribution in [1.82, 2.24) is 9.97 Å². The zero-order valence-electron chi connectivity index (χ0n) is 22.9. The van der Waals surface area contributed by atoms with Crippen molar-refractivity contribution in [2.24, 2.45) is 10.8 Å². The monoisotopic (exact) mass is 472 g/mol. The van der Waals surface area contributed by atoms with Crippen molar-refractivity contribution in [3.8, 4) is 0 Å². The van der Waals surface area contributed by atoms with E-state index >= 15 is 0 Å². The van der Waals surface area contributed by atoms with Gasteiger partial charge in [0.1, 0.15) is 5.01 Å². The Morgan fingerprint density at radius 2 is 1.12 bits per heavy atom. The van der Waals surface area contributed by atoms with E-state index in [0.29, 0.717) is 0 Å². The highest BCUT2D eigenvalue weighted by Gasteiger charge is 2.57. The van der Waals surface area contributed by atoms with Crippen LogP contribution in [0.1, 0.15) is 117 Å². The summed E-state index contributed by atoms with van der Waals surface area (Å²) in [5.41, 5.74) is 5.11. The minimum absolute atomic E-state index is 0.0242. The van der Waals surface area contributed by atoms with Gasteiger partial charge in [-0.25, -0.2) is 9.97 Å². The lowest BCUT2D eigenvalue weighted by Crippen LogP contribution is -2.55. The second-order valence-electron chi connectivity index (χ2n) is 11.8. The second-order valence-corrected chi connectivity index (χ2v) is 13.9. The first kappa shape index (κ1) is 27.0. The quantitative estimate of drug-likeness (QED) is 0.401. The fourth-order valence-corrected chi connectivity index (χ4v) is 6.64. The Morgan fingerprint density at radius 1 is 0.625 bits per heavy atom. The van der Waals surface area contributed by atoms with Gasteiger partial charge in [-0.05, 0) is 63.5 Å². The molecular formula is C28H44N2S2. The van der Waals surface area contributed by atoms with Gasteiger partial charge >= 0.3 is 0 Å². The largest absolute Gasteiger partial charge is 0.248 e. The van der Waals surface area contributed by atoms with Gasteiger partial charge in [0.05, 0.1) is 9.88 Å². The lowest BCUT2D eigenvalue weighted by molar-refractivity contribution is -0.0249. The third-order valence-electron chi connectivity index (χ3n) is 9.04. The SMILES string of the molecule is CC(C)=C(C)c1cnc(C(C)(C)C(C)(C)C(C)(C)C(C)(C)c2cnc(C(C)=C(C)C)s2)s1. The summed E-state index contributed by atoms with van der Waals surface area (Å²) in [5.74, 6) is 0. The van der Waals surface area contributed by atoms with Crippen LogP contribution in [-0.2, 0) is 10.8 Å². The molecule has 2 aromatic heterocycles. The van der Waals surface area contributed by atoms with E-state index in [1.54, 1.807) is 0 Å². The molecule has 0 aromatic carbocycles. The Balaban J connectivity index is 2.53. The first-order chi connectivity index (χ1) is 14.4. The van der Waals surface area contributed by atoms with Crippen molar-refractivity contribution in [2.45, 2.75) is 108 Å². The van der Waals surface area contributed by atoms with Crippen LogP contribution >= 0.6 is 22.7 Å². The van der Waals surface area contributed by atoms with E-state index < -0.39 is 0 Å². The highest BCUT2D eigenvalue weighted by molar-refractivity contribution is 7.13. The number of hydrogen-bond acceptors (Lipinski definition) is 4. The van der Waals surface area contributed by atoms with Crippen molar-refractivity contribution >= 4 is 33.8 Å². The average molecular weight is 473 g/mol. The maximum Gasteiger partial charge on any atom is 0.119 e. The molecule has 0 N–H and O–H groups in total. The summed E-state index contributed by atoms with van der Waals surface area (Å²) in [4.78, 5) is 12.4. The zero-order valence-corrected chi connectivity index (χ0v) is 24.5. The first-order valence-corrected chi connectivity index (χ1v) is 13.2. The average Bonchev–Trinajstić information content (AvgIpc) is 3.36. The Morgan fingerprint density at radius 3 is 1.62 bits per heavy atom. The van der Waals surface area contributed by atoms with Crippen molar-refractivity contribution < 1.29 is 0 Å². The fraction of sp³-hybridized carbons (Fsp3) is 0.643. The van der Waals surface area contributed by atoms with Crippen LogP contribution in [0.15, 0.2) is 23.5 Å². The van der Waals surface area contributed by atoms with Crippen LogP contribution in [0.25, 0.3) is 11.1 Å². The number of thiazole rings is 2. The number of nitrogens with zero attached hydrogens (tertiary/aromatic N) is 2. The van der Waals surface area contributed by atoms with E-state index in [0.717, 1.165) is 5.01 Å². The van der Waals surface area contributed by atoms with Gasteiger partial charge in [0.15, 0.2) is 0 Å². The van der Waals surface area contributed by atoms with E-state index in [1.165, 1.54) is 37.1 Å². The molecule has 0 unspecified atom stereocenters. The summed E-state index contributed by atoms with van der Waals surface area (Å²) in [6.45, 7) is 32.3. The summed E-state index contributed by atoms with van der Waals surface area (Å²) in [6, 6.07) is 0. The molecule has 2 aromatic rings. The van der Waals surface area contributed by atoms with Crippen LogP contribution in [0.3, 0.4) is 0 Å². The molecule has 0 amide bonds. The van der Waals surface area contributed by atoms with Gasteiger partial charge in [-0.2, -0.15) is 0 Å². The van der Waals surface area contributed by atoms with E-state index in [-0.39, 0.29) is 21.7 Å². The van der Waals surface area contributed by atoms with E-state index in [1.807, 2.05) is 22.7 Å². The number of aromatic nitrogens is 2. The van der Waals surface area contributed by atoms with Crippen LogP contribution in [0.2, 0.25) is 0 Å². The Bertz CT molecular complexity index is 947. The molecule has 0 atom stereocenters. The van der Waals surface area contributed by atoms with Crippen LogP contribution in [0.5, 0.6) is 0 Å². The molecule has 2 nitrogen and oxygen atoms in total. The van der Waals surface area contributed by atoms with Gasteiger partial charge in [0, 0.05) is 28.1 Å². The summed E-state index contributed by atoms with van der Waals surface area (Å²) in [7, 11) is 0. The summed E-state index contributed by atoms with van der Waals surface area (Å²) >= 11 is 3.70. The van der Waals surface area contributed by atoms with Gasteiger partial charge < -0.3 is 0 Å². The van der Waals surface area contributed by atoms with Crippen molar-refractivity contribution in [1.29, 1.82) is 0 Å². The van der Waals surface area contributed by atoms with Crippen LogP contribution in [0.4, 0.5) is 0 Å². The lowest BCUT2D eigenvalue weighted by atomic mass is 9.47. The topological polar surface area (TPSA) is 25.8 Å². The minimum atomic E-state index is -0.0953. The first-order valence-electron chi connectivity index (χ1n) is 11.6. The van der Waals surface area contributed by atoms with Crippen LogP contribution < -0.4 is 0 Å². The molecule has 32 heavy (non-hydrogen) atoms. The normalized spacial score (nSPS) is 13.3. The second kappa shape index (κ2) is 8.83. The molecule has 0 spiro atoms. The molecule has 0 saturated carbocycles. The summed E-state index contributed by atoms with van der Waals surface area (Å²) < 4.78 is 0. The van der Waals surface area contributed by atoms with Gasteiger partial charge in [0.25, 0.3) is 0 Å². The Kier molecular flexibility index (Phi) is 7.45. The predicted octanol–water partition coefficient (Wildman–Crippen LogP) is 9.53. The Hall–Kier alpha value is -1.26. The van der Waals surface area contributed by atoms with Gasteiger partial charge in [-0.1, -0.05) is 66.5 Å². The van der Waals surface area contributed by atoms with Gasteiger partial charge in [-0.15, -0.1) is 22.7 Å². The standard InChI is InChI=1S/C28H44N2S2/c1-17(2)19(5)21-15-30-24(31-21)26(9,10)28(13,14)27(11,12)25(7,8)22-16-29-23(32-22)20(6)18(3)4/h15-16H,1-14H3. The zero-order chi connectivity index (χ0) is 24.9. The minimum Gasteiger partial charge on any atom is -0.248 e. The molecule has 2 heterocycles. The molecule has 0 fully saturated rings. The lowest BCUT2D eigenvalue weighted by Gasteiger charge is -2.57. The fourth-order valence-electron chi connectivity index (χ4n) is 4.07. The molecule has 0 saturated heterocycles. The molecule has 0 aliphatic carbocycles. The van der Waals surface area contributed by atoms with Crippen LogP contribution in [0, 0.1) is 10.8 Å². The third kappa shape index (κ3) is 4.30. The van der Waals surface area contributed by atoms with Crippen molar-refractivity contribution in [3.63, 3.8) is 0 Å². The molecule has 0 aliphatic heterocycles. The molecule has 0 aliphatic rings. The molecule has 178 valence electrons. The van der Waals surface area contributed by atoms with E-state index in [4.69, 9.17) is 9.97 Å². The van der Waals surface area contributed by atoms with Crippen LogP contribution in [-0.4, -0.2) is 9.97 Å². The summed E-state index contributed by atoms with van der Waals surface area (Å²) in [5, 5.41) is 2.36. The van der Waals surface area contributed by atoms with Gasteiger partial charge in [0.2, 0.25) is 0 Å². The summed E-state index contributed by atoms with van der Waals surface area (Å²) in [6.07, 6.45) is 4.17. The highest BCUT2D eigenvalue weighted by Crippen LogP contribution is 2.61. The van der Waals surface area contributed by atoms with Crippen molar-refractivity contribution in [3.05, 3.63) is 43.3 Å². The molecule has 2 rings (SSSR count). The molecule has 4 heteroatoms. The number of allylic oxidation sites excluding steroid dienone is 4. The van der Waals surface area contributed by atoms with E-state index in [9.17, 15) is 0 Å². The van der Waals surface area contributed by atoms with Gasteiger partial charge in [-0.3, -0.25) is 0 Å². The number of hydrogen-bond donors (Lipinski definition) is 0. The third-order valence-corrected chi connectivity index (χ3v) is 11.9. The van der Waals surface area contributed by atoms with Crippen molar-refractivity contribution in [2.75, 3.05) is 0 Å². The molecule has 0 bridgehead atoms. The molecule has 0 radical (unpaired) electrons. The molecular weight excluding hydrogens is 428 g/mol. The van der Waals surface area contributed by atoms with E-state index in [2.05, 4.69) is 109 Å².